The Labute approximate surface area is 181 Å². The molecule has 2 rings (SSSR count). The van der Waals surface area contributed by atoms with Crippen molar-refractivity contribution in [2.24, 2.45) is 0 Å². The third-order valence-corrected chi connectivity index (χ3v) is 5.55. The highest BCUT2D eigenvalue weighted by Crippen LogP contribution is 2.16. The van der Waals surface area contributed by atoms with Gasteiger partial charge < -0.3 is 4.74 Å². The van der Waals surface area contributed by atoms with Crippen molar-refractivity contribution in [3.63, 3.8) is 0 Å². The van der Waals surface area contributed by atoms with Crippen LogP contribution in [0.1, 0.15) is 115 Å². The van der Waals surface area contributed by atoms with Crippen molar-refractivity contribution < 1.29 is 9.53 Å². The first-order valence-corrected chi connectivity index (χ1v) is 12.1. The van der Waals surface area contributed by atoms with Crippen LogP contribution >= 0.6 is 0 Å². The summed E-state index contributed by atoms with van der Waals surface area (Å²) in [6, 6.07) is 1.71. The van der Waals surface area contributed by atoms with Gasteiger partial charge in [-0.3, -0.25) is 4.79 Å². The van der Waals surface area contributed by atoms with E-state index < -0.39 is 0 Å². The lowest BCUT2D eigenvalue weighted by Crippen LogP contribution is -2.11. The summed E-state index contributed by atoms with van der Waals surface area (Å²) in [5, 5.41) is 4.06. The van der Waals surface area contributed by atoms with Crippen molar-refractivity contribution in [2.45, 2.75) is 117 Å². The van der Waals surface area contributed by atoms with Crippen LogP contribution < -0.4 is 4.74 Å². The molecule has 0 saturated carbocycles. The minimum atomic E-state index is -0.216. The normalized spacial score (nSPS) is 11.3. The first kappa shape index (κ1) is 24.3. The fraction of sp³-hybridized carbons (Fsp3) is 0.750. The zero-order chi connectivity index (χ0) is 21.4. The molecule has 168 valence electrons. The fourth-order valence-corrected chi connectivity index (χ4v) is 3.78. The highest BCUT2D eigenvalue weighted by atomic mass is 16.5. The molecule has 6 heteroatoms. The van der Waals surface area contributed by atoms with E-state index in [4.69, 9.17) is 4.74 Å². The van der Waals surface area contributed by atoms with Crippen molar-refractivity contribution in [3.05, 3.63) is 18.1 Å². The molecule has 0 aliphatic carbocycles. The van der Waals surface area contributed by atoms with Gasteiger partial charge in [-0.15, -0.1) is 0 Å². The number of carbonyl (C=O) groups is 1. The number of aryl methyl sites for hydroxylation is 1. The zero-order valence-corrected chi connectivity index (χ0v) is 19.1. The van der Waals surface area contributed by atoms with E-state index in [1.165, 1.54) is 94.3 Å². The molecule has 0 aromatic carbocycles. The Hall–Kier alpha value is -1.98. The van der Waals surface area contributed by atoms with Crippen molar-refractivity contribution in [1.29, 1.82) is 0 Å². The van der Waals surface area contributed by atoms with Crippen LogP contribution in [0.4, 0.5) is 0 Å². The van der Waals surface area contributed by atoms with Gasteiger partial charge in [0.05, 0.1) is 0 Å². The van der Waals surface area contributed by atoms with E-state index in [2.05, 4.69) is 22.0 Å². The smallest absolute Gasteiger partial charge is 0.312 e. The van der Waals surface area contributed by atoms with Gasteiger partial charge in [-0.25, -0.2) is 4.98 Å². The summed E-state index contributed by atoms with van der Waals surface area (Å²) in [6.07, 6.45) is 21.6. The summed E-state index contributed by atoms with van der Waals surface area (Å²) in [4.78, 5) is 20.4. The second-order valence-electron chi connectivity index (χ2n) is 8.38. The quantitative estimate of drug-likeness (QED) is 0.215. The lowest BCUT2D eigenvalue weighted by atomic mass is 10.0. The van der Waals surface area contributed by atoms with Crippen molar-refractivity contribution in [3.8, 4) is 5.88 Å². The maximum atomic E-state index is 12.1. The Kier molecular flexibility index (Phi) is 12.1. The van der Waals surface area contributed by atoms with Crippen LogP contribution in [0, 0.1) is 6.92 Å². The monoisotopic (exact) mass is 416 g/mol. The van der Waals surface area contributed by atoms with Crippen LogP contribution in [0.15, 0.2) is 12.4 Å². The minimum absolute atomic E-state index is 0.216. The molecule has 2 aromatic heterocycles. The molecule has 30 heavy (non-hydrogen) atoms. The number of hydrogen-bond donors (Lipinski definition) is 0. The van der Waals surface area contributed by atoms with Gasteiger partial charge in [0, 0.05) is 18.2 Å². The van der Waals surface area contributed by atoms with Gasteiger partial charge in [0.25, 0.3) is 5.78 Å². The van der Waals surface area contributed by atoms with Gasteiger partial charge in [-0.2, -0.15) is 14.6 Å². The zero-order valence-electron chi connectivity index (χ0n) is 19.1. The standard InChI is InChI=1S/C24H40N4O2/c1-3-4-5-6-7-8-9-10-11-12-13-14-15-16-17-18-23(29)30-22-19-21(2)27-24-25-20-26-28(22)24/h19-20H,3-18H2,1-2H3. The van der Waals surface area contributed by atoms with Gasteiger partial charge in [0.2, 0.25) is 5.88 Å². The Morgan fingerprint density at radius 1 is 0.867 bits per heavy atom. The van der Waals surface area contributed by atoms with Gasteiger partial charge in [0.1, 0.15) is 6.33 Å². The van der Waals surface area contributed by atoms with E-state index in [1.807, 2.05) is 6.92 Å². The van der Waals surface area contributed by atoms with Crippen LogP contribution in [0.25, 0.3) is 5.78 Å². The fourth-order valence-electron chi connectivity index (χ4n) is 3.78. The van der Waals surface area contributed by atoms with Crippen molar-refractivity contribution in [2.75, 3.05) is 0 Å². The van der Waals surface area contributed by atoms with Gasteiger partial charge >= 0.3 is 5.97 Å². The molecule has 0 spiro atoms. The molecule has 0 radical (unpaired) electrons. The summed E-state index contributed by atoms with van der Waals surface area (Å²) in [6.45, 7) is 4.12. The number of aromatic nitrogens is 4. The number of unbranched alkanes of at least 4 members (excludes halogenated alkanes) is 14. The second kappa shape index (κ2) is 14.9. The first-order valence-electron chi connectivity index (χ1n) is 12.1. The molecular weight excluding hydrogens is 376 g/mol. The average molecular weight is 417 g/mol. The van der Waals surface area contributed by atoms with Crippen LogP contribution in [0.5, 0.6) is 5.88 Å². The summed E-state index contributed by atoms with van der Waals surface area (Å²) in [5.74, 6) is 0.623. The molecule has 0 unspecified atom stereocenters. The molecule has 6 nitrogen and oxygen atoms in total. The number of esters is 1. The van der Waals surface area contributed by atoms with Crippen LogP contribution in [-0.2, 0) is 4.79 Å². The van der Waals surface area contributed by atoms with E-state index in [-0.39, 0.29) is 5.97 Å². The van der Waals surface area contributed by atoms with Gasteiger partial charge in [0.15, 0.2) is 0 Å². The summed E-state index contributed by atoms with van der Waals surface area (Å²) in [5.41, 5.74) is 0.755. The molecule has 0 saturated heterocycles. The molecule has 0 fully saturated rings. The number of ether oxygens (including phenoxy) is 1. The Balaban J connectivity index is 1.42. The molecule has 0 amide bonds. The summed E-state index contributed by atoms with van der Waals surface area (Å²) >= 11 is 0. The lowest BCUT2D eigenvalue weighted by molar-refractivity contribution is -0.134. The number of carbonyl (C=O) groups excluding carboxylic acids is 1. The maximum Gasteiger partial charge on any atom is 0.312 e. The van der Waals surface area contributed by atoms with E-state index in [0.29, 0.717) is 18.1 Å². The summed E-state index contributed by atoms with van der Waals surface area (Å²) < 4.78 is 6.92. The molecule has 0 bridgehead atoms. The third kappa shape index (κ3) is 9.68. The minimum Gasteiger partial charge on any atom is -0.407 e. The molecule has 2 aromatic rings. The maximum absolute atomic E-state index is 12.1. The van der Waals surface area contributed by atoms with Crippen molar-refractivity contribution in [1.82, 2.24) is 19.6 Å². The van der Waals surface area contributed by atoms with Crippen molar-refractivity contribution >= 4 is 11.7 Å². The average Bonchev–Trinajstić information content (AvgIpc) is 3.19. The van der Waals surface area contributed by atoms with E-state index in [0.717, 1.165) is 18.5 Å². The Bertz CT molecular complexity index is 729. The van der Waals surface area contributed by atoms with E-state index in [9.17, 15) is 4.79 Å². The third-order valence-electron chi connectivity index (χ3n) is 5.55. The van der Waals surface area contributed by atoms with Gasteiger partial charge in [-0.05, 0) is 13.3 Å². The lowest BCUT2D eigenvalue weighted by Gasteiger charge is -2.06. The van der Waals surface area contributed by atoms with E-state index in [1.54, 1.807) is 6.07 Å². The molecule has 2 heterocycles. The highest BCUT2D eigenvalue weighted by molar-refractivity contribution is 5.72. The Morgan fingerprint density at radius 2 is 1.40 bits per heavy atom. The molecule has 0 N–H and O–H groups in total. The second-order valence-corrected chi connectivity index (χ2v) is 8.38. The predicted molar refractivity (Wildman–Crippen MR) is 121 cm³/mol. The van der Waals surface area contributed by atoms with Crippen LogP contribution in [-0.4, -0.2) is 25.6 Å². The molecule has 0 aliphatic heterocycles. The summed E-state index contributed by atoms with van der Waals surface area (Å²) in [7, 11) is 0. The number of hydrogen-bond acceptors (Lipinski definition) is 5. The van der Waals surface area contributed by atoms with E-state index >= 15 is 0 Å². The number of fused-ring (bicyclic) bond motifs is 1. The largest absolute Gasteiger partial charge is 0.407 e. The topological polar surface area (TPSA) is 69.4 Å². The van der Waals surface area contributed by atoms with Gasteiger partial charge in [-0.1, -0.05) is 96.8 Å². The molecule has 0 aliphatic rings. The first-order chi connectivity index (χ1) is 14.7. The molecular formula is C24H40N4O2. The molecule has 0 atom stereocenters. The SMILES string of the molecule is CCCCCCCCCCCCCCCCCC(=O)Oc1cc(C)nc2ncnn12. The number of nitrogens with zero attached hydrogens (tertiary/aromatic N) is 4. The van der Waals surface area contributed by atoms with Crippen LogP contribution in [0.3, 0.4) is 0 Å². The highest BCUT2D eigenvalue weighted by Gasteiger charge is 2.11. The Morgan fingerprint density at radius 3 is 1.97 bits per heavy atom. The van der Waals surface area contributed by atoms with Crippen LogP contribution in [0.2, 0.25) is 0 Å². The predicted octanol–water partition coefficient (Wildman–Crippen LogP) is 6.60. The number of rotatable bonds is 17.